The lowest BCUT2D eigenvalue weighted by Crippen LogP contribution is -2.41. The fraction of sp³-hybridized carbons (Fsp3) is 0.667. The molecule has 0 radical (unpaired) electrons. The number of methoxy groups -OCH3 is 1. The van der Waals surface area contributed by atoms with Gasteiger partial charge in [-0.3, -0.25) is 9.97 Å². The van der Waals surface area contributed by atoms with Crippen molar-refractivity contribution in [3.8, 4) is 0 Å². The van der Waals surface area contributed by atoms with Crippen molar-refractivity contribution in [1.82, 2.24) is 9.97 Å². The van der Waals surface area contributed by atoms with Gasteiger partial charge in [0.2, 0.25) is 0 Å². The molecule has 0 saturated carbocycles. The van der Waals surface area contributed by atoms with Crippen LogP contribution in [0.1, 0.15) is 33.4 Å². The molecule has 98 valence electrons. The van der Waals surface area contributed by atoms with Gasteiger partial charge in [0, 0.05) is 13.3 Å². The first-order chi connectivity index (χ1) is 8.36. The van der Waals surface area contributed by atoms with Crippen molar-refractivity contribution in [1.29, 1.82) is 0 Å². The van der Waals surface area contributed by atoms with E-state index in [0.717, 1.165) is 5.69 Å². The summed E-state index contributed by atoms with van der Waals surface area (Å²) in [5.74, 6) is 0. The van der Waals surface area contributed by atoms with Crippen molar-refractivity contribution in [3.63, 3.8) is 0 Å². The summed E-state index contributed by atoms with van der Waals surface area (Å²) in [6.45, 7) is 8.48. The van der Waals surface area contributed by atoms with Gasteiger partial charge in [0.1, 0.15) is 0 Å². The minimum absolute atomic E-state index is 0.364. The molecule has 0 bridgehead atoms. The average Bonchev–Trinajstić information content (AvgIpc) is 2.49. The number of nitrogens with zero attached hydrogens (tertiary/aromatic N) is 2. The van der Waals surface area contributed by atoms with Gasteiger partial charge in [0.05, 0.1) is 35.3 Å². The van der Waals surface area contributed by atoms with Crippen LogP contribution in [0.5, 0.6) is 0 Å². The largest absolute Gasteiger partial charge is 0.516 e. The van der Waals surface area contributed by atoms with Gasteiger partial charge < -0.3 is 14.0 Å². The van der Waals surface area contributed by atoms with Crippen molar-refractivity contribution >= 4 is 12.7 Å². The fourth-order valence-corrected chi connectivity index (χ4v) is 1.72. The molecular weight excluding hydrogens is 231 g/mol. The first-order valence-electron chi connectivity index (χ1n) is 6.01. The van der Waals surface area contributed by atoms with Crippen molar-refractivity contribution in [3.05, 3.63) is 18.1 Å². The topological polar surface area (TPSA) is 53.5 Å². The molecule has 0 N–H and O–H groups in total. The molecule has 0 spiro atoms. The van der Waals surface area contributed by atoms with Crippen LogP contribution in [0, 0.1) is 0 Å². The lowest BCUT2D eigenvalue weighted by atomic mass is 9.85. The van der Waals surface area contributed by atoms with E-state index in [9.17, 15) is 0 Å². The van der Waals surface area contributed by atoms with E-state index in [1.807, 2.05) is 27.7 Å². The Morgan fingerprint density at radius 3 is 2.33 bits per heavy atom. The standard InChI is InChI=1S/C12H19BN2O3/c1-11(2)12(3,4)18-13(17-11)10-7-14-6-9(15-10)8-16-5/h6-7H,8H2,1-5H3. The van der Waals surface area contributed by atoms with Crippen LogP contribution in [-0.4, -0.2) is 35.4 Å². The molecule has 2 rings (SSSR count). The molecular formula is C12H19BN2O3. The maximum atomic E-state index is 5.92. The molecule has 2 heterocycles. The van der Waals surface area contributed by atoms with Crippen molar-refractivity contribution < 1.29 is 14.0 Å². The van der Waals surface area contributed by atoms with Gasteiger partial charge in [0.15, 0.2) is 0 Å². The first kappa shape index (κ1) is 13.5. The third-order valence-electron chi connectivity index (χ3n) is 3.49. The van der Waals surface area contributed by atoms with E-state index in [1.165, 1.54) is 0 Å². The van der Waals surface area contributed by atoms with Gasteiger partial charge in [-0.05, 0) is 27.7 Å². The smallest absolute Gasteiger partial charge is 0.398 e. The summed E-state index contributed by atoms with van der Waals surface area (Å²) in [5, 5.41) is 0. The molecule has 0 amide bonds. The third-order valence-corrected chi connectivity index (χ3v) is 3.49. The summed E-state index contributed by atoms with van der Waals surface area (Å²) < 4.78 is 16.9. The van der Waals surface area contributed by atoms with E-state index in [0.29, 0.717) is 12.2 Å². The normalized spacial score (nSPS) is 21.3. The molecule has 0 aromatic carbocycles. The highest BCUT2D eigenvalue weighted by molar-refractivity contribution is 6.61. The highest BCUT2D eigenvalue weighted by Crippen LogP contribution is 2.36. The Hall–Kier alpha value is -0.975. The zero-order valence-corrected chi connectivity index (χ0v) is 11.6. The molecule has 1 fully saturated rings. The minimum Gasteiger partial charge on any atom is -0.398 e. The maximum Gasteiger partial charge on any atom is 0.516 e. The molecule has 0 unspecified atom stereocenters. The molecule has 5 nitrogen and oxygen atoms in total. The third kappa shape index (κ3) is 2.41. The van der Waals surface area contributed by atoms with Gasteiger partial charge >= 0.3 is 7.12 Å². The van der Waals surface area contributed by atoms with Crippen molar-refractivity contribution in [2.24, 2.45) is 0 Å². The van der Waals surface area contributed by atoms with Crippen LogP contribution in [0.25, 0.3) is 0 Å². The van der Waals surface area contributed by atoms with E-state index < -0.39 is 7.12 Å². The number of hydrogen-bond acceptors (Lipinski definition) is 5. The van der Waals surface area contributed by atoms with E-state index in [4.69, 9.17) is 14.0 Å². The van der Waals surface area contributed by atoms with E-state index in [-0.39, 0.29) is 11.2 Å². The minimum atomic E-state index is -0.473. The quantitative estimate of drug-likeness (QED) is 0.747. The van der Waals surface area contributed by atoms with Crippen LogP contribution >= 0.6 is 0 Å². The summed E-state index contributed by atoms with van der Waals surface area (Å²) in [7, 11) is 1.16. The predicted octanol–water partition coefficient (Wildman–Crippen LogP) is 0.922. The molecule has 1 aromatic rings. The Labute approximate surface area is 108 Å². The molecule has 18 heavy (non-hydrogen) atoms. The molecule has 1 aliphatic heterocycles. The van der Waals surface area contributed by atoms with Crippen LogP contribution in [0.2, 0.25) is 0 Å². The first-order valence-corrected chi connectivity index (χ1v) is 6.01. The molecule has 1 saturated heterocycles. The van der Waals surface area contributed by atoms with Crippen LogP contribution in [-0.2, 0) is 20.7 Å². The van der Waals surface area contributed by atoms with Crippen molar-refractivity contribution in [2.75, 3.05) is 7.11 Å². The van der Waals surface area contributed by atoms with Crippen LogP contribution in [0.4, 0.5) is 0 Å². The van der Waals surface area contributed by atoms with E-state index in [2.05, 4.69) is 9.97 Å². The zero-order chi connectivity index (χ0) is 13.4. The van der Waals surface area contributed by atoms with Crippen LogP contribution < -0.4 is 5.59 Å². The summed E-state index contributed by atoms with van der Waals surface area (Å²) in [6, 6.07) is 0. The Balaban J connectivity index is 2.21. The Bertz CT molecular complexity index is 421. The van der Waals surface area contributed by atoms with Crippen molar-refractivity contribution in [2.45, 2.75) is 45.5 Å². The number of ether oxygens (including phenoxy) is 1. The lowest BCUT2D eigenvalue weighted by Gasteiger charge is -2.32. The van der Waals surface area contributed by atoms with Gasteiger partial charge in [-0.15, -0.1) is 0 Å². The Kier molecular flexibility index (Phi) is 3.44. The second-order valence-electron chi connectivity index (χ2n) is 5.46. The second kappa shape index (κ2) is 4.61. The molecule has 1 aliphatic rings. The Morgan fingerprint density at radius 2 is 1.78 bits per heavy atom. The average molecular weight is 250 g/mol. The van der Waals surface area contributed by atoms with Crippen LogP contribution in [0.3, 0.4) is 0 Å². The zero-order valence-electron chi connectivity index (χ0n) is 11.6. The highest BCUT2D eigenvalue weighted by atomic mass is 16.7. The maximum absolute atomic E-state index is 5.92. The SMILES string of the molecule is COCc1cncc(B2OC(C)(C)C(C)(C)O2)n1. The molecule has 0 aliphatic carbocycles. The molecule has 0 atom stereocenters. The monoisotopic (exact) mass is 250 g/mol. The van der Waals surface area contributed by atoms with Gasteiger partial charge in [-0.2, -0.15) is 0 Å². The summed E-state index contributed by atoms with van der Waals surface area (Å²) in [6.07, 6.45) is 3.35. The van der Waals surface area contributed by atoms with E-state index in [1.54, 1.807) is 19.5 Å². The summed E-state index contributed by atoms with van der Waals surface area (Å²) in [5.41, 5.74) is 0.723. The fourth-order valence-electron chi connectivity index (χ4n) is 1.72. The van der Waals surface area contributed by atoms with Gasteiger partial charge in [0.25, 0.3) is 0 Å². The van der Waals surface area contributed by atoms with Gasteiger partial charge in [-0.25, -0.2) is 0 Å². The predicted molar refractivity (Wildman–Crippen MR) is 68.5 cm³/mol. The molecule has 6 heteroatoms. The number of aromatic nitrogens is 2. The Morgan fingerprint density at radius 1 is 1.17 bits per heavy atom. The van der Waals surface area contributed by atoms with Gasteiger partial charge in [-0.1, -0.05) is 0 Å². The van der Waals surface area contributed by atoms with Crippen LogP contribution in [0.15, 0.2) is 12.4 Å². The van der Waals surface area contributed by atoms with E-state index >= 15 is 0 Å². The lowest BCUT2D eigenvalue weighted by molar-refractivity contribution is 0.00578. The number of hydrogen-bond donors (Lipinski definition) is 0. The second-order valence-corrected chi connectivity index (χ2v) is 5.46. The number of rotatable bonds is 3. The summed E-state index contributed by atoms with van der Waals surface area (Å²) >= 11 is 0. The summed E-state index contributed by atoms with van der Waals surface area (Å²) in [4.78, 5) is 8.58. The molecule has 1 aromatic heterocycles. The highest BCUT2D eigenvalue weighted by Gasteiger charge is 2.52.